The van der Waals surface area contributed by atoms with Gasteiger partial charge < -0.3 is 5.11 Å². The molecule has 2 bridgehead atoms. The van der Waals surface area contributed by atoms with Crippen LogP contribution in [0.1, 0.15) is 46.0 Å². The molecule has 5 atom stereocenters. The summed E-state index contributed by atoms with van der Waals surface area (Å²) >= 11 is 0. The van der Waals surface area contributed by atoms with Gasteiger partial charge in [-0.15, -0.1) is 0 Å². The maximum absolute atomic E-state index is 11.2. The van der Waals surface area contributed by atoms with E-state index < -0.39 is 5.97 Å². The Bertz CT molecular complexity index is 249. The Morgan fingerprint density at radius 1 is 1.33 bits per heavy atom. The van der Waals surface area contributed by atoms with E-state index in [0.717, 1.165) is 24.7 Å². The zero-order valence-electron chi connectivity index (χ0n) is 9.78. The van der Waals surface area contributed by atoms with E-state index in [4.69, 9.17) is 0 Å². The zero-order chi connectivity index (χ0) is 11.0. The van der Waals surface area contributed by atoms with Crippen LogP contribution in [-0.4, -0.2) is 11.1 Å². The molecule has 0 radical (unpaired) electrons. The maximum Gasteiger partial charge on any atom is 0.306 e. The summed E-state index contributed by atoms with van der Waals surface area (Å²) in [5.74, 6) is 2.07. The van der Waals surface area contributed by atoms with Crippen molar-refractivity contribution in [1.29, 1.82) is 0 Å². The number of carboxylic acids is 1. The highest BCUT2D eigenvalue weighted by molar-refractivity contribution is 5.70. The quantitative estimate of drug-likeness (QED) is 0.760. The first-order valence-corrected chi connectivity index (χ1v) is 6.36. The van der Waals surface area contributed by atoms with E-state index in [9.17, 15) is 9.90 Å². The molecule has 0 heterocycles. The van der Waals surface area contributed by atoms with Crippen LogP contribution in [0, 0.1) is 29.6 Å². The van der Waals surface area contributed by atoms with Gasteiger partial charge in [0.15, 0.2) is 0 Å². The number of hydrogen-bond acceptors (Lipinski definition) is 1. The van der Waals surface area contributed by atoms with Gasteiger partial charge in [0.05, 0.1) is 5.92 Å². The third-order valence-corrected chi connectivity index (χ3v) is 4.90. The van der Waals surface area contributed by atoms with Crippen LogP contribution in [0.2, 0.25) is 0 Å². The molecular weight excluding hydrogens is 188 g/mol. The fraction of sp³-hybridized carbons (Fsp3) is 0.923. The summed E-state index contributed by atoms with van der Waals surface area (Å²) < 4.78 is 0. The predicted octanol–water partition coefficient (Wildman–Crippen LogP) is 3.17. The monoisotopic (exact) mass is 210 g/mol. The van der Waals surface area contributed by atoms with Crippen LogP contribution >= 0.6 is 0 Å². The van der Waals surface area contributed by atoms with Gasteiger partial charge in [-0.1, -0.05) is 20.3 Å². The van der Waals surface area contributed by atoms with E-state index in [0.29, 0.717) is 11.8 Å². The summed E-state index contributed by atoms with van der Waals surface area (Å²) in [7, 11) is 0. The van der Waals surface area contributed by atoms with Crippen LogP contribution in [0.15, 0.2) is 0 Å². The molecule has 0 aromatic heterocycles. The fourth-order valence-electron chi connectivity index (χ4n) is 3.93. The molecular formula is C13H22O2. The average Bonchev–Trinajstić information content (AvgIpc) is 2.23. The van der Waals surface area contributed by atoms with Crippen LogP contribution in [0.3, 0.4) is 0 Å². The van der Waals surface area contributed by atoms with Crippen molar-refractivity contribution in [3.05, 3.63) is 0 Å². The Hall–Kier alpha value is -0.530. The maximum atomic E-state index is 11.2. The Morgan fingerprint density at radius 3 is 2.67 bits per heavy atom. The Morgan fingerprint density at radius 2 is 2.07 bits per heavy atom. The molecule has 2 nitrogen and oxygen atoms in total. The van der Waals surface area contributed by atoms with Gasteiger partial charge in [0.2, 0.25) is 0 Å². The van der Waals surface area contributed by atoms with Gasteiger partial charge in [-0.25, -0.2) is 0 Å². The number of carbonyl (C=O) groups is 1. The lowest BCUT2D eigenvalue weighted by atomic mass is 9.58. The van der Waals surface area contributed by atoms with Crippen molar-refractivity contribution in [2.75, 3.05) is 0 Å². The Kier molecular flexibility index (Phi) is 3.03. The highest BCUT2D eigenvalue weighted by Crippen LogP contribution is 2.49. The third-order valence-electron chi connectivity index (χ3n) is 4.90. The van der Waals surface area contributed by atoms with Crippen LogP contribution < -0.4 is 0 Å². The average molecular weight is 210 g/mol. The van der Waals surface area contributed by atoms with Crippen LogP contribution in [-0.2, 0) is 4.79 Å². The van der Waals surface area contributed by atoms with Crippen LogP contribution in [0.5, 0.6) is 0 Å². The summed E-state index contributed by atoms with van der Waals surface area (Å²) in [4.78, 5) is 11.2. The molecule has 5 unspecified atom stereocenters. The van der Waals surface area contributed by atoms with Crippen molar-refractivity contribution in [3.8, 4) is 0 Å². The molecule has 1 N–H and O–H groups in total. The summed E-state index contributed by atoms with van der Waals surface area (Å²) in [6.07, 6.45) is 5.82. The highest BCUT2D eigenvalue weighted by Gasteiger charge is 2.44. The minimum Gasteiger partial charge on any atom is -0.481 e. The SMILES string of the molecule is CCC1CC2CCC(C(=O)O)C(C2)C1C. The zero-order valence-corrected chi connectivity index (χ0v) is 9.78. The summed E-state index contributed by atoms with van der Waals surface area (Å²) in [6.45, 7) is 4.52. The smallest absolute Gasteiger partial charge is 0.306 e. The lowest BCUT2D eigenvalue weighted by molar-refractivity contribution is -0.148. The minimum absolute atomic E-state index is 0.0504. The summed E-state index contributed by atoms with van der Waals surface area (Å²) in [6, 6.07) is 0. The van der Waals surface area contributed by atoms with Gasteiger partial charge in [0, 0.05) is 0 Å². The molecule has 2 heteroatoms. The molecule has 0 aromatic carbocycles. The molecule has 2 fully saturated rings. The molecule has 0 saturated heterocycles. The van der Waals surface area contributed by atoms with Gasteiger partial charge in [-0.05, 0) is 49.4 Å². The van der Waals surface area contributed by atoms with Crippen molar-refractivity contribution in [3.63, 3.8) is 0 Å². The third kappa shape index (κ3) is 1.91. The molecule has 0 amide bonds. The van der Waals surface area contributed by atoms with E-state index in [2.05, 4.69) is 13.8 Å². The molecule has 2 saturated carbocycles. The number of rotatable bonds is 2. The van der Waals surface area contributed by atoms with Crippen LogP contribution in [0.25, 0.3) is 0 Å². The van der Waals surface area contributed by atoms with E-state index in [-0.39, 0.29) is 5.92 Å². The number of aliphatic carboxylic acids is 1. The van der Waals surface area contributed by atoms with Crippen molar-refractivity contribution in [2.45, 2.75) is 46.0 Å². The molecule has 2 aliphatic rings. The fourth-order valence-corrected chi connectivity index (χ4v) is 3.93. The molecule has 0 aromatic rings. The molecule has 0 aliphatic heterocycles. The molecule has 86 valence electrons. The van der Waals surface area contributed by atoms with Gasteiger partial charge in [-0.2, -0.15) is 0 Å². The van der Waals surface area contributed by atoms with E-state index in [1.165, 1.54) is 19.3 Å². The second-order valence-electron chi connectivity index (χ2n) is 5.55. The first kappa shape index (κ1) is 11.0. The second-order valence-corrected chi connectivity index (χ2v) is 5.55. The number of fused-ring (bicyclic) bond motifs is 2. The molecule has 2 rings (SSSR count). The summed E-state index contributed by atoms with van der Waals surface area (Å²) in [5, 5.41) is 9.23. The van der Waals surface area contributed by atoms with E-state index >= 15 is 0 Å². The largest absolute Gasteiger partial charge is 0.481 e. The first-order valence-electron chi connectivity index (χ1n) is 6.36. The number of hydrogen-bond donors (Lipinski definition) is 1. The first-order chi connectivity index (χ1) is 7.13. The van der Waals surface area contributed by atoms with E-state index in [1.54, 1.807) is 0 Å². The predicted molar refractivity (Wildman–Crippen MR) is 59.5 cm³/mol. The second kappa shape index (κ2) is 4.15. The van der Waals surface area contributed by atoms with Crippen molar-refractivity contribution in [1.82, 2.24) is 0 Å². The molecule has 15 heavy (non-hydrogen) atoms. The van der Waals surface area contributed by atoms with Gasteiger partial charge in [0.25, 0.3) is 0 Å². The van der Waals surface area contributed by atoms with Crippen molar-refractivity contribution >= 4 is 5.97 Å². The highest BCUT2D eigenvalue weighted by atomic mass is 16.4. The summed E-state index contributed by atoms with van der Waals surface area (Å²) in [5.41, 5.74) is 0. The lowest BCUT2D eigenvalue weighted by Crippen LogP contribution is -2.41. The van der Waals surface area contributed by atoms with E-state index in [1.807, 2.05) is 0 Å². The number of carboxylic acid groups (broad SMARTS) is 1. The van der Waals surface area contributed by atoms with Crippen LogP contribution in [0.4, 0.5) is 0 Å². The standard InChI is InChI=1S/C13H22O2/c1-3-10-6-9-4-5-11(13(14)15)12(7-9)8(10)2/h8-12H,3-7H2,1-2H3,(H,14,15). The minimum atomic E-state index is -0.554. The molecule has 2 aliphatic carbocycles. The lowest BCUT2D eigenvalue weighted by Gasteiger charge is -2.46. The Balaban J connectivity index is 2.14. The van der Waals surface area contributed by atoms with Gasteiger partial charge >= 0.3 is 5.97 Å². The van der Waals surface area contributed by atoms with Crippen molar-refractivity contribution < 1.29 is 9.90 Å². The van der Waals surface area contributed by atoms with Crippen molar-refractivity contribution in [2.24, 2.45) is 29.6 Å². The topological polar surface area (TPSA) is 37.3 Å². The van der Waals surface area contributed by atoms with Gasteiger partial charge in [-0.3, -0.25) is 4.79 Å². The normalized spacial score (nSPS) is 45.1. The Labute approximate surface area is 92.1 Å². The van der Waals surface area contributed by atoms with Gasteiger partial charge in [0.1, 0.15) is 0 Å². The molecule has 0 spiro atoms.